The monoisotopic (exact) mass is 271 g/mol. The minimum Gasteiger partial charge on any atom is -0.308 e. The van der Waals surface area contributed by atoms with Crippen LogP contribution < -0.4 is 4.90 Å². The van der Waals surface area contributed by atoms with Gasteiger partial charge in [-0.2, -0.15) is 10.5 Å². The van der Waals surface area contributed by atoms with Gasteiger partial charge < -0.3 is 4.90 Å². The molecule has 19 heavy (non-hydrogen) atoms. The quantitative estimate of drug-likeness (QED) is 0.613. The molecule has 0 aliphatic carbocycles. The van der Waals surface area contributed by atoms with Gasteiger partial charge >= 0.3 is 0 Å². The Morgan fingerprint density at radius 3 is 2.63 bits per heavy atom. The van der Waals surface area contributed by atoms with Crippen LogP contribution >= 0.6 is 11.6 Å². The van der Waals surface area contributed by atoms with Gasteiger partial charge in [-0.25, -0.2) is 0 Å². The molecular formula is C14H10ClN3O. The molecule has 0 aromatic heterocycles. The Morgan fingerprint density at radius 1 is 1.37 bits per heavy atom. The number of nitrogens with zero attached hydrogens (tertiary/aromatic N) is 3. The van der Waals surface area contributed by atoms with Gasteiger partial charge in [0.15, 0.2) is 0 Å². The van der Waals surface area contributed by atoms with Crippen molar-refractivity contribution in [3.8, 4) is 12.1 Å². The smallest absolute Gasteiger partial charge is 0.261 e. The number of allylic oxidation sites excluding steroid dienone is 1. The van der Waals surface area contributed by atoms with Gasteiger partial charge in [0.1, 0.15) is 17.7 Å². The van der Waals surface area contributed by atoms with Gasteiger partial charge in [-0.1, -0.05) is 18.5 Å². The maximum atomic E-state index is 12.3. The number of fused-ring (bicyclic) bond motifs is 1. The molecule has 0 bridgehead atoms. The number of carbonyl (C=O) groups is 1. The first-order chi connectivity index (χ1) is 9.13. The molecule has 0 unspecified atom stereocenters. The molecule has 0 saturated carbocycles. The maximum Gasteiger partial charge on any atom is 0.261 e. The molecule has 2 rings (SSSR count). The number of hydrogen-bond acceptors (Lipinski definition) is 3. The Hall–Kier alpha value is -2.30. The molecule has 5 heteroatoms. The number of hydrogen-bond donors (Lipinski definition) is 0. The first-order valence-electron chi connectivity index (χ1n) is 5.80. The molecule has 1 aliphatic heterocycles. The van der Waals surface area contributed by atoms with Crippen LogP contribution in [0.5, 0.6) is 0 Å². The van der Waals surface area contributed by atoms with Gasteiger partial charge in [0, 0.05) is 17.1 Å². The van der Waals surface area contributed by atoms with E-state index in [1.807, 2.05) is 6.92 Å². The number of halogens is 1. The molecule has 1 amide bonds. The molecule has 1 heterocycles. The number of benzene rings is 1. The molecule has 0 saturated heterocycles. The second-order valence-corrected chi connectivity index (χ2v) is 4.53. The summed E-state index contributed by atoms with van der Waals surface area (Å²) < 4.78 is 0. The van der Waals surface area contributed by atoms with Crippen molar-refractivity contribution < 1.29 is 4.79 Å². The SMILES string of the molecule is CCCN1C(=O)C(=C(C#N)C#N)c2cc(Cl)ccc21. The van der Waals surface area contributed by atoms with Gasteiger partial charge in [-0.15, -0.1) is 0 Å². The number of amides is 1. The van der Waals surface area contributed by atoms with Crippen LogP contribution in [-0.2, 0) is 4.79 Å². The van der Waals surface area contributed by atoms with E-state index in [1.54, 1.807) is 35.2 Å². The summed E-state index contributed by atoms with van der Waals surface area (Å²) >= 11 is 5.93. The zero-order valence-corrected chi connectivity index (χ0v) is 11.0. The van der Waals surface area contributed by atoms with Crippen LogP contribution in [0.3, 0.4) is 0 Å². The van der Waals surface area contributed by atoms with Crippen molar-refractivity contribution in [2.24, 2.45) is 0 Å². The molecule has 94 valence electrons. The lowest BCUT2D eigenvalue weighted by atomic mass is 10.0. The van der Waals surface area contributed by atoms with Crippen LogP contribution in [0.2, 0.25) is 5.02 Å². The number of carbonyl (C=O) groups excluding carboxylic acids is 1. The molecule has 1 aromatic rings. The van der Waals surface area contributed by atoms with Crippen molar-refractivity contribution in [1.29, 1.82) is 10.5 Å². The Labute approximate surface area is 116 Å². The first kappa shape index (κ1) is 13.1. The molecule has 0 atom stereocenters. The van der Waals surface area contributed by atoms with Crippen molar-refractivity contribution in [1.82, 2.24) is 0 Å². The standard InChI is InChI=1S/C14H10ClN3O/c1-2-5-18-12-4-3-10(15)6-11(12)13(14(18)19)9(7-16)8-17/h3-4,6H,2,5H2,1H3. The van der Waals surface area contributed by atoms with E-state index in [2.05, 4.69) is 0 Å². The van der Waals surface area contributed by atoms with E-state index in [4.69, 9.17) is 22.1 Å². The van der Waals surface area contributed by atoms with Gasteiger partial charge in [0.05, 0.1) is 11.3 Å². The minimum absolute atomic E-state index is 0.149. The lowest BCUT2D eigenvalue weighted by Gasteiger charge is -2.15. The molecule has 0 fully saturated rings. The molecule has 1 aliphatic rings. The van der Waals surface area contributed by atoms with Gasteiger partial charge in [-0.05, 0) is 24.6 Å². The zero-order chi connectivity index (χ0) is 14.0. The summed E-state index contributed by atoms with van der Waals surface area (Å²) in [5, 5.41) is 18.4. The van der Waals surface area contributed by atoms with Crippen LogP contribution in [-0.4, -0.2) is 12.5 Å². The van der Waals surface area contributed by atoms with E-state index in [0.717, 1.165) is 6.42 Å². The summed E-state index contributed by atoms with van der Waals surface area (Å²) in [6.07, 6.45) is 0.787. The molecular weight excluding hydrogens is 262 g/mol. The summed E-state index contributed by atoms with van der Waals surface area (Å²) in [4.78, 5) is 13.9. The van der Waals surface area contributed by atoms with Crippen LogP contribution in [0.15, 0.2) is 23.8 Å². The number of anilines is 1. The predicted molar refractivity (Wildman–Crippen MR) is 72.2 cm³/mol. The highest BCUT2D eigenvalue weighted by atomic mass is 35.5. The van der Waals surface area contributed by atoms with Gasteiger partial charge in [0.2, 0.25) is 0 Å². The molecule has 0 radical (unpaired) electrons. The Morgan fingerprint density at radius 2 is 2.05 bits per heavy atom. The fourth-order valence-electron chi connectivity index (χ4n) is 2.13. The summed E-state index contributed by atoms with van der Waals surface area (Å²) in [7, 11) is 0. The third kappa shape index (κ3) is 2.07. The summed E-state index contributed by atoms with van der Waals surface area (Å²) in [6, 6.07) is 8.60. The Kier molecular flexibility index (Phi) is 3.55. The topological polar surface area (TPSA) is 67.9 Å². The van der Waals surface area contributed by atoms with E-state index < -0.39 is 0 Å². The number of rotatable bonds is 2. The molecule has 0 N–H and O–H groups in total. The zero-order valence-electron chi connectivity index (χ0n) is 10.3. The van der Waals surface area contributed by atoms with Crippen molar-refractivity contribution in [2.45, 2.75) is 13.3 Å². The predicted octanol–water partition coefficient (Wildman–Crippen LogP) is 2.90. The fraction of sp³-hybridized carbons (Fsp3) is 0.214. The van der Waals surface area contributed by atoms with Crippen LogP contribution in [0.4, 0.5) is 5.69 Å². The highest BCUT2D eigenvalue weighted by molar-refractivity contribution is 6.36. The Bertz CT molecular complexity index is 648. The van der Waals surface area contributed by atoms with E-state index in [0.29, 0.717) is 22.8 Å². The van der Waals surface area contributed by atoms with Gasteiger partial charge in [-0.3, -0.25) is 4.79 Å². The third-order valence-corrected chi connectivity index (χ3v) is 3.13. The van der Waals surface area contributed by atoms with Crippen molar-refractivity contribution in [3.05, 3.63) is 34.4 Å². The van der Waals surface area contributed by atoms with Crippen molar-refractivity contribution in [3.63, 3.8) is 0 Å². The molecule has 0 spiro atoms. The second-order valence-electron chi connectivity index (χ2n) is 4.09. The normalized spacial score (nSPS) is 12.9. The lowest BCUT2D eigenvalue weighted by molar-refractivity contribution is -0.113. The Balaban J connectivity index is 2.72. The second kappa shape index (κ2) is 5.14. The van der Waals surface area contributed by atoms with E-state index in [1.165, 1.54) is 0 Å². The van der Waals surface area contributed by atoms with E-state index >= 15 is 0 Å². The third-order valence-electron chi connectivity index (χ3n) is 2.90. The number of nitriles is 2. The highest BCUT2D eigenvalue weighted by Gasteiger charge is 2.34. The van der Waals surface area contributed by atoms with Crippen LogP contribution in [0.1, 0.15) is 18.9 Å². The van der Waals surface area contributed by atoms with E-state index in [9.17, 15) is 4.79 Å². The van der Waals surface area contributed by atoms with Crippen LogP contribution in [0, 0.1) is 22.7 Å². The average molecular weight is 272 g/mol. The average Bonchev–Trinajstić information content (AvgIpc) is 2.66. The van der Waals surface area contributed by atoms with E-state index in [-0.39, 0.29) is 17.1 Å². The summed E-state index contributed by atoms with van der Waals surface area (Å²) in [6.45, 7) is 2.50. The maximum absolute atomic E-state index is 12.3. The van der Waals surface area contributed by atoms with Crippen LogP contribution in [0.25, 0.3) is 5.57 Å². The minimum atomic E-state index is -0.308. The molecule has 1 aromatic carbocycles. The summed E-state index contributed by atoms with van der Waals surface area (Å²) in [5.41, 5.74) is 1.24. The lowest BCUT2D eigenvalue weighted by Crippen LogP contribution is -2.27. The van der Waals surface area contributed by atoms with Crippen molar-refractivity contribution in [2.75, 3.05) is 11.4 Å². The first-order valence-corrected chi connectivity index (χ1v) is 6.18. The molecule has 4 nitrogen and oxygen atoms in total. The van der Waals surface area contributed by atoms with Crippen molar-refractivity contribution >= 4 is 28.8 Å². The van der Waals surface area contributed by atoms with Gasteiger partial charge in [0.25, 0.3) is 5.91 Å². The highest BCUT2D eigenvalue weighted by Crippen LogP contribution is 2.39. The largest absolute Gasteiger partial charge is 0.308 e. The summed E-state index contributed by atoms with van der Waals surface area (Å²) in [5.74, 6) is -0.308. The fourth-order valence-corrected chi connectivity index (χ4v) is 2.30.